The van der Waals surface area contributed by atoms with E-state index in [2.05, 4.69) is 5.32 Å². The second-order valence-electron chi connectivity index (χ2n) is 6.22. The Morgan fingerprint density at radius 1 is 1.25 bits per heavy atom. The van der Waals surface area contributed by atoms with E-state index in [1.807, 2.05) is 31.2 Å². The van der Waals surface area contributed by atoms with Gasteiger partial charge in [0.1, 0.15) is 17.9 Å². The Morgan fingerprint density at radius 2 is 1.96 bits per heavy atom. The first kappa shape index (κ1) is 21.9. The average molecular weight is 414 g/mol. The molecule has 152 valence electrons. The molecule has 2 rings (SSSR count). The number of amides is 1. The largest absolute Gasteiger partial charge is 0.496 e. The van der Waals surface area contributed by atoms with Crippen LogP contribution in [0.25, 0.3) is 0 Å². The van der Waals surface area contributed by atoms with Crippen molar-refractivity contribution in [2.45, 2.75) is 24.5 Å². The summed E-state index contributed by atoms with van der Waals surface area (Å²) in [6.07, 6.45) is -3.58. The minimum Gasteiger partial charge on any atom is -0.496 e. The van der Waals surface area contributed by atoms with Crippen LogP contribution in [0.1, 0.15) is 12.5 Å². The van der Waals surface area contributed by atoms with Gasteiger partial charge in [0.2, 0.25) is 5.91 Å². The molecule has 2 aromatic rings. The van der Waals surface area contributed by atoms with Crippen LogP contribution in [0, 0.1) is 5.92 Å². The van der Waals surface area contributed by atoms with Crippen LogP contribution in [0.2, 0.25) is 0 Å². The zero-order chi connectivity index (χ0) is 20.7. The van der Waals surface area contributed by atoms with Gasteiger partial charge in [0.25, 0.3) is 5.56 Å². The van der Waals surface area contributed by atoms with Gasteiger partial charge in [-0.3, -0.25) is 9.59 Å². The average Bonchev–Trinajstić information content (AvgIpc) is 2.65. The smallest absolute Gasteiger partial charge is 0.421 e. The van der Waals surface area contributed by atoms with Crippen molar-refractivity contribution >= 4 is 17.7 Å². The lowest BCUT2D eigenvalue weighted by Crippen LogP contribution is -2.36. The molecule has 28 heavy (non-hydrogen) atoms. The van der Waals surface area contributed by atoms with Gasteiger partial charge in [-0.2, -0.15) is 13.2 Å². The van der Waals surface area contributed by atoms with E-state index in [9.17, 15) is 22.8 Å². The normalized spacial score (nSPS) is 12.5. The summed E-state index contributed by atoms with van der Waals surface area (Å²) in [5.41, 5.74) is -2.52. The van der Waals surface area contributed by atoms with E-state index in [4.69, 9.17) is 4.74 Å². The van der Waals surface area contributed by atoms with E-state index < -0.39 is 29.8 Å². The molecule has 9 heteroatoms. The molecule has 1 heterocycles. The number of aromatic nitrogens is 1. The van der Waals surface area contributed by atoms with E-state index in [1.165, 1.54) is 0 Å². The van der Waals surface area contributed by atoms with Gasteiger partial charge in [-0.05, 0) is 30.2 Å². The van der Waals surface area contributed by atoms with Crippen LogP contribution in [0.3, 0.4) is 0 Å². The fourth-order valence-electron chi connectivity index (χ4n) is 2.40. The van der Waals surface area contributed by atoms with Crippen molar-refractivity contribution < 1.29 is 22.7 Å². The highest BCUT2D eigenvalue weighted by Gasteiger charge is 2.34. The summed E-state index contributed by atoms with van der Waals surface area (Å²) in [6, 6.07) is 9.39. The summed E-state index contributed by atoms with van der Waals surface area (Å²) in [7, 11) is 1.60. The van der Waals surface area contributed by atoms with Gasteiger partial charge in [-0.15, -0.1) is 11.8 Å². The maximum Gasteiger partial charge on any atom is 0.421 e. The number of hydrogen-bond acceptors (Lipinski definition) is 4. The molecule has 0 aliphatic rings. The lowest BCUT2D eigenvalue weighted by Gasteiger charge is -2.14. The Hall–Kier alpha value is -2.42. The lowest BCUT2D eigenvalue weighted by molar-refractivity contribution is -0.139. The zero-order valence-corrected chi connectivity index (χ0v) is 16.3. The third-order valence-corrected chi connectivity index (χ3v) is 5.26. The number of alkyl halides is 3. The molecule has 5 nitrogen and oxygen atoms in total. The van der Waals surface area contributed by atoms with Crippen molar-refractivity contribution in [1.29, 1.82) is 0 Å². The van der Waals surface area contributed by atoms with Gasteiger partial charge in [0.05, 0.1) is 7.11 Å². The first-order valence-electron chi connectivity index (χ1n) is 8.51. The fraction of sp³-hybridized carbons (Fsp3) is 0.368. The number of ether oxygens (including phenoxy) is 1. The molecule has 0 aliphatic carbocycles. The number of benzene rings is 1. The fourth-order valence-corrected chi connectivity index (χ4v) is 3.46. The summed E-state index contributed by atoms with van der Waals surface area (Å²) in [4.78, 5) is 24.9. The molecule has 0 aliphatic heterocycles. The highest BCUT2D eigenvalue weighted by Crippen LogP contribution is 2.30. The molecule has 1 atom stereocenters. The van der Waals surface area contributed by atoms with Crippen LogP contribution in [0.4, 0.5) is 13.2 Å². The number of rotatable bonds is 8. The van der Waals surface area contributed by atoms with E-state index in [-0.39, 0.29) is 5.92 Å². The summed E-state index contributed by atoms with van der Waals surface area (Å²) in [6.45, 7) is 1.82. The zero-order valence-electron chi connectivity index (χ0n) is 15.5. The third kappa shape index (κ3) is 6.05. The quantitative estimate of drug-likeness (QED) is 0.673. The highest BCUT2D eigenvalue weighted by atomic mass is 32.2. The Bertz CT molecular complexity index is 868. The Labute approximate surface area is 164 Å². The second-order valence-corrected chi connectivity index (χ2v) is 7.29. The predicted octanol–water partition coefficient (Wildman–Crippen LogP) is 3.42. The third-order valence-electron chi connectivity index (χ3n) is 3.88. The summed E-state index contributed by atoms with van der Waals surface area (Å²) in [5.74, 6) is 1.07. The van der Waals surface area contributed by atoms with Gasteiger partial charge in [0.15, 0.2) is 0 Å². The summed E-state index contributed by atoms with van der Waals surface area (Å²) >= 11 is 1.59. The molecule has 0 fully saturated rings. The van der Waals surface area contributed by atoms with Crippen LogP contribution in [0.15, 0.2) is 52.3 Å². The Balaban J connectivity index is 1.86. The number of carbonyl (C=O) groups excluding carboxylic acids is 1. The number of nitrogens with zero attached hydrogens (tertiary/aromatic N) is 1. The van der Waals surface area contributed by atoms with Crippen molar-refractivity contribution in [3.8, 4) is 5.75 Å². The molecular weight excluding hydrogens is 393 g/mol. The number of methoxy groups -OCH3 is 1. The lowest BCUT2D eigenvalue weighted by atomic mass is 10.2. The van der Waals surface area contributed by atoms with E-state index >= 15 is 0 Å². The molecule has 0 bridgehead atoms. The van der Waals surface area contributed by atoms with Crippen LogP contribution >= 0.6 is 11.8 Å². The maximum absolute atomic E-state index is 12.8. The number of nitrogens with one attached hydrogen (secondary N) is 1. The molecule has 1 amide bonds. The first-order valence-corrected chi connectivity index (χ1v) is 9.50. The number of hydrogen-bond donors (Lipinski definition) is 1. The topological polar surface area (TPSA) is 60.3 Å². The van der Waals surface area contributed by atoms with Crippen molar-refractivity contribution in [2.24, 2.45) is 5.92 Å². The monoisotopic (exact) mass is 414 g/mol. The van der Waals surface area contributed by atoms with Crippen LogP contribution in [-0.4, -0.2) is 29.9 Å². The van der Waals surface area contributed by atoms with E-state index in [0.717, 1.165) is 27.5 Å². The molecule has 1 unspecified atom stereocenters. The molecule has 1 N–H and O–H groups in total. The van der Waals surface area contributed by atoms with Crippen LogP contribution < -0.4 is 15.6 Å². The van der Waals surface area contributed by atoms with Crippen molar-refractivity contribution in [3.05, 3.63) is 58.5 Å². The molecule has 0 radical (unpaired) electrons. The van der Waals surface area contributed by atoms with Crippen molar-refractivity contribution in [3.63, 3.8) is 0 Å². The van der Waals surface area contributed by atoms with Gasteiger partial charge in [-0.1, -0.05) is 19.1 Å². The minimum absolute atomic E-state index is 0.108. The molecular formula is C19H21F3N2O3S. The Kier molecular flexibility index (Phi) is 7.56. The summed E-state index contributed by atoms with van der Waals surface area (Å²) < 4.78 is 44.4. The molecule has 0 spiro atoms. The maximum atomic E-state index is 12.8. The van der Waals surface area contributed by atoms with Crippen LogP contribution in [-0.2, 0) is 17.5 Å². The first-order chi connectivity index (χ1) is 13.2. The van der Waals surface area contributed by atoms with Crippen molar-refractivity contribution in [1.82, 2.24) is 9.88 Å². The number of halogens is 3. The van der Waals surface area contributed by atoms with E-state index in [1.54, 1.807) is 18.9 Å². The molecule has 1 aromatic carbocycles. The highest BCUT2D eigenvalue weighted by molar-refractivity contribution is 7.99. The van der Waals surface area contributed by atoms with Crippen molar-refractivity contribution in [2.75, 3.05) is 19.4 Å². The predicted molar refractivity (Wildman–Crippen MR) is 102 cm³/mol. The molecule has 0 saturated carbocycles. The second kappa shape index (κ2) is 9.68. The summed E-state index contributed by atoms with van der Waals surface area (Å²) in [5, 5.41) is 2.66. The Morgan fingerprint density at radius 3 is 2.64 bits per heavy atom. The number of carbonyl (C=O) groups is 1. The van der Waals surface area contributed by atoms with Gasteiger partial charge in [-0.25, -0.2) is 0 Å². The number of para-hydroxylation sites is 1. The molecule has 0 saturated heterocycles. The van der Waals surface area contributed by atoms with Gasteiger partial charge < -0.3 is 14.6 Å². The number of pyridine rings is 1. The van der Waals surface area contributed by atoms with Gasteiger partial charge >= 0.3 is 6.18 Å². The molecule has 1 aromatic heterocycles. The van der Waals surface area contributed by atoms with E-state index in [0.29, 0.717) is 18.4 Å². The van der Waals surface area contributed by atoms with Gasteiger partial charge in [0, 0.05) is 23.4 Å². The SMILES string of the molecule is COc1ccccc1SCC(C)CNC(=O)Cn1cccc(C(F)(F)F)c1=O. The van der Waals surface area contributed by atoms with Crippen LogP contribution in [0.5, 0.6) is 5.75 Å². The minimum atomic E-state index is -4.75. The standard InChI is InChI=1S/C19H21F3N2O3S/c1-13(12-28-16-8-4-3-7-15(16)27-2)10-23-17(25)11-24-9-5-6-14(18(24)26)19(20,21)22/h3-9,13H,10-12H2,1-2H3,(H,23,25). The number of thioether (sulfide) groups is 1.